The molecule has 1 atom stereocenters. The van der Waals surface area contributed by atoms with Gasteiger partial charge in [0.25, 0.3) is 0 Å². The van der Waals surface area contributed by atoms with E-state index in [1.54, 1.807) is 30.3 Å². The zero-order valence-corrected chi connectivity index (χ0v) is 21.3. The molecule has 1 heterocycles. The van der Waals surface area contributed by atoms with Crippen LogP contribution in [0.15, 0.2) is 71.6 Å². The largest absolute Gasteiger partial charge is 0.497 e. The van der Waals surface area contributed by atoms with Crippen LogP contribution in [0.4, 0.5) is 8.78 Å². The molecule has 36 heavy (non-hydrogen) atoms. The van der Waals surface area contributed by atoms with Crippen LogP contribution in [0.5, 0.6) is 5.75 Å². The number of methoxy groups -OCH3 is 1. The van der Waals surface area contributed by atoms with Gasteiger partial charge in [0.15, 0.2) is 0 Å². The molecule has 0 radical (unpaired) electrons. The highest BCUT2D eigenvalue weighted by Crippen LogP contribution is 2.26. The fraction of sp³-hybridized carbons (Fsp3) is 0.308. The maximum atomic E-state index is 14.1. The number of sulfonamides is 1. The number of ether oxygens (including phenoxy) is 2. The molecule has 0 spiro atoms. The van der Waals surface area contributed by atoms with E-state index in [-0.39, 0.29) is 17.1 Å². The first-order valence-corrected chi connectivity index (χ1v) is 13.3. The van der Waals surface area contributed by atoms with Gasteiger partial charge in [0.2, 0.25) is 10.0 Å². The molecule has 192 valence electrons. The Morgan fingerprint density at radius 2 is 1.58 bits per heavy atom. The predicted molar refractivity (Wildman–Crippen MR) is 134 cm³/mol. The summed E-state index contributed by atoms with van der Waals surface area (Å²) in [6.45, 7) is 1.74. The Hall–Kier alpha value is -2.56. The van der Waals surface area contributed by atoms with Gasteiger partial charge in [-0.2, -0.15) is 4.31 Å². The lowest BCUT2D eigenvalue weighted by molar-refractivity contribution is 0.00546. The molecule has 1 aliphatic heterocycles. The van der Waals surface area contributed by atoms with Crippen LogP contribution < -0.4 is 4.74 Å². The van der Waals surface area contributed by atoms with Crippen LogP contribution >= 0.6 is 11.6 Å². The van der Waals surface area contributed by atoms with E-state index in [0.29, 0.717) is 43.5 Å². The van der Waals surface area contributed by atoms with Gasteiger partial charge in [-0.3, -0.25) is 4.90 Å². The quantitative estimate of drug-likeness (QED) is 0.390. The molecule has 0 saturated carbocycles. The lowest BCUT2D eigenvalue weighted by Crippen LogP contribution is -2.49. The average molecular weight is 537 g/mol. The number of rotatable bonds is 9. The summed E-state index contributed by atoms with van der Waals surface area (Å²) in [6.07, 6.45) is -0.497. The first kappa shape index (κ1) is 26.5. The van der Waals surface area contributed by atoms with Crippen LogP contribution in [0.1, 0.15) is 17.2 Å². The second kappa shape index (κ2) is 11.7. The number of benzene rings is 3. The lowest BCUT2D eigenvalue weighted by atomic mass is 10.1. The molecule has 0 unspecified atom stereocenters. The summed E-state index contributed by atoms with van der Waals surface area (Å²) in [7, 11) is -2.17. The van der Waals surface area contributed by atoms with Gasteiger partial charge in [0, 0.05) is 49.4 Å². The van der Waals surface area contributed by atoms with Crippen molar-refractivity contribution in [1.82, 2.24) is 9.21 Å². The highest BCUT2D eigenvalue weighted by molar-refractivity contribution is 7.89. The topological polar surface area (TPSA) is 59.1 Å². The van der Waals surface area contributed by atoms with Crippen LogP contribution in [-0.2, 0) is 21.4 Å². The summed E-state index contributed by atoms with van der Waals surface area (Å²) < 4.78 is 67.1. The third-order valence-electron chi connectivity index (χ3n) is 6.17. The van der Waals surface area contributed by atoms with Gasteiger partial charge in [-0.15, -0.1) is 0 Å². The molecular formula is C26H27ClF2N2O4S. The number of hydrogen-bond acceptors (Lipinski definition) is 5. The van der Waals surface area contributed by atoms with Crippen LogP contribution in [0.2, 0.25) is 5.02 Å². The number of halogens is 3. The molecule has 3 aromatic carbocycles. The Labute approximate surface area is 215 Å². The standard InChI is InChI=1S/C26H27ClF2N2O4S/c1-34-21-4-2-5-22(16-21)36(32,33)31-14-12-30(13-15-31)17-26(19-8-10-20(27)11-9-19)35-18-23-24(28)6-3-7-25(23)29/h2-11,16,26H,12-15,17-18H2,1H3/t26-/m1/s1. The number of nitrogens with zero attached hydrogens (tertiary/aromatic N) is 2. The molecule has 1 aliphatic rings. The van der Waals surface area contributed by atoms with Gasteiger partial charge in [0.05, 0.1) is 24.7 Å². The molecule has 0 amide bonds. The molecule has 0 N–H and O–H groups in total. The monoisotopic (exact) mass is 536 g/mol. The molecule has 0 bridgehead atoms. The maximum absolute atomic E-state index is 14.1. The lowest BCUT2D eigenvalue weighted by Gasteiger charge is -2.36. The fourth-order valence-electron chi connectivity index (χ4n) is 4.08. The molecule has 0 aliphatic carbocycles. The average Bonchev–Trinajstić information content (AvgIpc) is 2.88. The van der Waals surface area contributed by atoms with E-state index in [0.717, 1.165) is 5.56 Å². The van der Waals surface area contributed by atoms with Crippen molar-refractivity contribution in [1.29, 1.82) is 0 Å². The molecule has 1 fully saturated rings. The third kappa shape index (κ3) is 6.22. The van der Waals surface area contributed by atoms with Gasteiger partial charge in [0.1, 0.15) is 17.4 Å². The van der Waals surface area contributed by atoms with E-state index in [4.69, 9.17) is 21.1 Å². The van der Waals surface area contributed by atoms with Gasteiger partial charge in [-0.1, -0.05) is 35.9 Å². The Morgan fingerprint density at radius 3 is 2.22 bits per heavy atom. The highest BCUT2D eigenvalue weighted by atomic mass is 35.5. The van der Waals surface area contributed by atoms with Crippen molar-refractivity contribution in [2.45, 2.75) is 17.6 Å². The molecule has 0 aromatic heterocycles. The highest BCUT2D eigenvalue weighted by Gasteiger charge is 2.30. The van der Waals surface area contributed by atoms with Crippen LogP contribution in [0, 0.1) is 11.6 Å². The fourth-order valence-corrected chi connectivity index (χ4v) is 5.67. The minimum absolute atomic E-state index is 0.134. The summed E-state index contributed by atoms with van der Waals surface area (Å²) in [5.74, 6) is -0.855. The summed E-state index contributed by atoms with van der Waals surface area (Å²) in [5.41, 5.74) is 0.674. The molecule has 10 heteroatoms. The van der Waals surface area contributed by atoms with E-state index in [1.807, 2.05) is 12.1 Å². The third-order valence-corrected chi connectivity index (χ3v) is 8.31. The van der Waals surface area contributed by atoms with Crippen LogP contribution in [-0.4, -0.2) is 57.5 Å². The van der Waals surface area contributed by atoms with Crippen molar-refractivity contribution in [3.63, 3.8) is 0 Å². The van der Waals surface area contributed by atoms with Crippen molar-refractivity contribution < 1.29 is 26.7 Å². The summed E-state index contributed by atoms with van der Waals surface area (Å²) >= 11 is 6.03. The first-order chi connectivity index (χ1) is 17.3. The van der Waals surface area contributed by atoms with E-state index in [2.05, 4.69) is 4.90 Å². The molecule has 3 aromatic rings. The zero-order chi connectivity index (χ0) is 25.7. The molecule has 6 nitrogen and oxygen atoms in total. The number of hydrogen-bond donors (Lipinski definition) is 0. The minimum Gasteiger partial charge on any atom is -0.497 e. The van der Waals surface area contributed by atoms with Gasteiger partial charge in [-0.25, -0.2) is 17.2 Å². The maximum Gasteiger partial charge on any atom is 0.243 e. The SMILES string of the molecule is COc1cccc(S(=O)(=O)N2CCN(C[C@@H](OCc3c(F)cccc3F)c3ccc(Cl)cc3)CC2)c1. The second-order valence-electron chi connectivity index (χ2n) is 8.44. The van der Waals surface area contributed by atoms with Gasteiger partial charge < -0.3 is 9.47 Å². The van der Waals surface area contributed by atoms with Gasteiger partial charge in [-0.05, 0) is 42.0 Å². The smallest absolute Gasteiger partial charge is 0.243 e. The normalized spacial score (nSPS) is 16.1. The minimum atomic E-state index is -3.66. The first-order valence-electron chi connectivity index (χ1n) is 11.4. The predicted octanol–water partition coefficient (Wildman–Crippen LogP) is 4.89. The van der Waals surface area contributed by atoms with Crippen LogP contribution in [0.3, 0.4) is 0 Å². The van der Waals surface area contributed by atoms with E-state index >= 15 is 0 Å². The Morgan fingerprint density at radius 1 is 0.944 bits per heavy atom. The van der Waals surface area contributed by atoms with E-state index in [1.165, 1.54) is 35.7 Å². The number of piperazine rings is 1. The van der Waals surface area contributed by atoms with Gasteiger partial charge >= 0.3 is 0 Å². The Balaban J connectivity index is 1.44. The van der Waals surface area contributed by atoms with Crippen LogP contribution in [0.25, 0.3) is 0 Å². The Bertz CT molecular complexity index is 1260. The van der Waals surface area contributed by atoms with Crippen molar-refractivity contribution in [2.24, 2.45) is 0 Å². The van der Waals surface area contributed by atoms with Crippen molar-refractivity contribution >= 4 is 21.6 Å². The molecular weight excluding hydrogens is 510 g/mol. The van der Waals surface area contributed by atoms with Crippen molar-refractivity contribution in [3.05, 3.63) is 94.5 Å². The van der Waals surface area contributed by atoms with E-state index < -0.39 is 27.8 Å². The molecule has 4 rings (SSSR count). The summed E-state index contributed by atoms with van der Waals surface area (Å²) in [5, 5.41) is 0.564. The zero-order valence-electron chi connectivity index (χ0n) is 19.7. The van der Waals surface area contributed by atoms with Crippen molar-refractivity contribution in [3.8, 4) is 5.75 Å². The molecule has 1 saturated heterocycles. The summed E-state index contributed by atoms with van der Waals surface area (Å²) in [6, 6.07) is 17.2. The Kier molecular flexibility index (Phi) is 8.58. The van der Waals surface area contributed by atoms with Crippen molar-refractivity contribution in [2.75, 3.05) is 39.8 Å². The summed E-state index contributed by atoms with van der Waals surface area (Å²) in [4.78, 5) is 2.26. The van der Waals surface area contributed by atoms with E-state index in [9.17, 15) is 17.2 Å². The second-order valence-corrected chi connectivity index (χ2v) is 10.8.